The molecule has 1 fully saturated rings. The van der Waals surface area contributed by atoms with E-state index in [-0.39, 0.29) is 0 Å². The Labute approximate surface area is 128 Å². The summed E-state index contributed by atoms with van der Waals surface area (Å²) < 4.78 is 0. The molecule has 1 aromatic rings. The van der Waals surface area contributed by atoms with Crippen LogP contribution < -0.4 is 5.32 Å². The minimum atomic E-state index is 0.522. The zero-order valence-electron chi connectivity index (χ0n) is 12.8. The predicted octanol–water partition coefficient (Wildman–Crippen LogP) is 3.41. The Morgan fingerprint density at radius 3 is 2.65 bits per heavy atom. The van der Waals surface area contributed by atoms with Crippen molar-refractivity contribution in [2.45, 2.75) is 26.3 Å². The summed E-state index contributed by atoms with van der Waals surface area (Å²) in [5.74, 6) is 3.30. The molecule has 112 valence electrons. The van der Waals surface area contributed by atoms with Crippen molar-refractivity contribution in [1.29, 1.82) is 0 Å². The molecule has 1 atom stereocenters. The Kier molecular flexibility index (Phi) is 6.91. The molecule has 0 saturated carbocycles. The first kappa shape index (κ1) is 15.9. The van der Waals surface area contributed by atoms with E-state index < -0.39 is 0 Å². The fourth-order valence-corrected chi connectivity index (χ4v) is 3.62. The Morgan fingerprint density at radius 2 is 1.90 bits per heavy atom. The summed E-state index contributed by atoms with van der Waals surface area (Å²) in [6.07, 6.45) is 1.32. The van der Waals surface area contributed by atoms with E-state index in [4.69, 9.17) is 0 Å². The molecule has 0 bridgehead atoms. The molecule has 1 heterocycles. The lowest BCUT2D eigenvalue weighted by Gasteiger charge is -2.31. The van der Waals surface area contributed by atoms with E-state index in [1.165, 1.54) is 36.6 Å². The van der Waals surface area contributed by atoms with E-state index in [9.17, 15) is 0 Å². The maximum Gasteiger partial charge on any atom is 0.0473 e. The number of thioether (sulfide) groups is 1. The van der Waals surface area contributed by atoms with Gasteiger partial charge in [0.1, 0.15) is 0 Å². The van der Waals surface area contributed by atoms with E-state index in [2.05, 4.69) is 66.2 Å². The summed E-state index contributed by atoms with van der Waals surface area (Å²) in [6, 6.07) is 11.5. The van der Waals surface area contributed by atoms with Crippen molar-refractivity contribution in [3.8, 4) is 0 Å². The van der Waals surface area contributed by atoms with Crippen molar-refractivity contribution >= 4 is 11.8 Å². The van der Waals surface area contributed by atoms with Gasteiger partial charge in [-0.3, -0.25) is 4.90 Å². The molecule has 3 heteroatoms. The zero-order chi connectivity index (χ0) is 14.2. The highest BCUT2D eigenvalue weighted by molar-refractivity contribution is 7.99. The third-order valence-corrected chi connectivity index (χ3v) is 4.82. The molecule has 1 aliphatic rings. The van der Waals surface area contributed by atoms with Crippen molar-refractivity contribution < 1.29 is 0 Å². The van der Waals surface area contributed by atoms with Crippen LogP contribution in [0.4, 0.5) is 0 Å². The molecule has 1 aliphatic heterocycles. The van der Waals surface area contributed by atoms with Gasteiger partial charge in [0, 0.05) is 24.9 Å². The Balaban J connectivity index is 2.02. The third kappa shape index (κ3) is 5.12. The van der Waals surface area contributed by atoms with Crippen molar-refractivity contribution in [2.24, 2.45) is 5.92 Å². The average molecular weight is 292 g/mol. The first-order valence-corrected chi connectivity index (χ1v) is 9.00. The first-order chi connectivity index (χ1) is 9.77. The van der Waals surface area contributed by atoms with Crippen LogP contribution in [0.2, 0.25) is 0 Å². The van der Waals surface area contributed by atoms with E-state index in [0.29, 0.717) is 12.0 Å². The van der Waals surface area contributed by atoms with Gasteiger partial charge in [-0.2, -0.15) is 11.8 Å². The standard InChI is InChI=1S/C17H28N2S/c1-15(2)13-18-14-17(16-7-4-3-5-8-16)19-9-6-11-20-12-10-19/h3-5,7-8,15,17-18H,6,9-14H2,1-2H3. The minimum absolute atomic E-state index is 0.522. The van der Waals surface area contributed by atoms with Gasteiger partial charge in [0.05, 0.1) is 0 Å². The van der Waals surface area contributed by atoms with Crippen molar-refractivity contribution in [1.82, 2.24) is 10.2 Å². The number of nitrogens with one attached hydrogen (secondary N) is 1. The fourth-order valence-electron chi connectivity index (χ4n) is 2.72. The summed E-state index contributed by atoms with van der Waals surface area (Å²) in [5, 5.41) is 3.65. The monoisotopic (exact) mass is 292 g/mol. The first-order valence-electron chi connectivity index (χ1n) is 7.85. The van der Waals surface area contributed by atoms with E-state index in [1.54, 1.807) is 0 Å². The van der Waals surface area contributed by atoms with Crippen LogP contribution in [0.1, 0.15) is 31.9 Å². The number of rotatable bonds is 6. The zero-order valence-corrected chi connectivity index (χ0v) is 13.7. The summed E-state index contributed by atoms with van der Waals surface area (Å²) in [6.45, 7) is 9.16. The molecule has 1 unspecified atom stereocenters. The van der Waals surface area contributed by atoms with Crippen LogP contribution in [0.15, 0.2) is 30.3 Å². The molecular weight excluding hydrogens is 264 g/mol. The maximum atomic E-state index is 3.65. The summed E-state index contributed by atoms with van der Waals surface area (Å²) >= 11 is 2.10. The van der Waals surface area contributed by atoms with Crippen LogP contribution in [0.5, 0.6) is 0 Å². The summed E-state index contributed by atoms with van der Waals surface area (Å²) in [5.41, 5.74) is 1.45. The molecule has 0 radical (unpaired) electrons. The van der Waals surface area contributed by atoms with Crippen LogP contribution >= 0.6 is 11.8 Å². The van der Waals surface area contributed by atoms with E-state index >= 15 is 0 Å². The van der Waals surface area contributed by atoms with Gasteiger partial charge in [-0.25, -0.2) is 0 Å². The van der Waals surface area contributed by atoms with Crippen LogP contribution in [0.3, 0.4) is 0 Å². The molecule has 0 amide bonds. The van der Waals surface area contributed by atoms with Gasteiger partial charge in [0.15, 0.2) is 0 Å². The Hall–Kier alpha value is -0.510. The van der Waals surface area contributed by atoms with Crippen LogP contribution in [0.25, 0.3) is 0 Å². The van der Waals surface area contributed by atoms with Crippen LogP contribution in [0, 0.1) is 5.92 Å². The van der Waals surface area contributed by atoms with Gasteiger partial charge < -0.3 is 5.32 Å². The lowest BCUT2D eigenvalue weighted by Crippen LogP contribution is -2.38. The Bertz CT molecular complexity index is 359. The molecule has 0 aliphatic carbocycles. The van der Waals surface area contributed by atoms with Crippen molar-refractivity contribution in [3.63, 3.8) is 0 Å². The van der Waals surface area contributed by atoms with Crippen molar-refractivity contribution in [3.05, 3.63) is 35.9 Å². The molecule has 20 heavy (non-hydrogen) atoms. The highest BCUT2D eigenvalue weighted by atomic mass is 32.2. The Morgan fingerprint density at radius 1 is 1.10 bits per heavy atom. The molecule has 2 nitrogen and oxygen atoms in total. The molecule has 1 aromatic carbocycles. The topological polar surface area (TPSA) is 15.3 Å². The molecule has 1 saturated heterocycles. The number of nitrogens with zero attached hydrogens (tertiary/aromatic N) is 1. The summed E-state index contributed by atoms with van der Waals surface area (Å²) in [4.78, 5) is 2.67. The number of hydrogen-bond donors (Lipinski definition) is 1. The minimum Gasteiger partial charge on any atom is -0.315 e. The second kappa shape index (κ2) is 8.71. The molecular formula is C17H28N2S. The maximum absolute atomic E-state index is 3.65. The number of hydrogen-bond acceptors (Lipinski definition) is 3. The fraction of sp³-hybridized carbons (Fsp3) is 0.647. The molecule has 0 aromatic heterocycles. The van der Waals surface area contributed by atoms with E-state index in [1.807, 2.05) is 0 Å². The quantitative estimate of drug-likeness (QED) is 0.865. The van der Waals surface area contributed by atoms with Gasteiger partial charge in [-0.1, -0.05) is 44.2 Å². The van der Waals surface area contributed by atoms with E-state index in [0.717, 1.165) is 13.1 Å². The molecule has 1 N–H and O–H groups in total. The lowest BCUT2D eigenvalue weighted by molar-refractivity contribution is 0.206. The van der Waals surface area contributed by atoms with Gasteiger partial charge >= 0.3 is 0 Å². The highest BCUT2D eigenvalue weighted by Gasteiger charge is 2.21. The second-order valence-electron chi connectivity index (χ2n) is 5.98. The smallest absolute Gasteiger partial charge is 0.0473 e. The van der Waals surface area contributed by atoms with Crippen LogP contribution in [-0.4, -0.2) is 42.6 Å². The highest BCUT2D eigenvalue weighted by Crippen LogP contribution is 2.23. The average Bonchev–Trinajstić information content (AvgIpc) is 2.73. The summed E-state index contributed by atoms with van der Waals surface area (Å²) in [7, 11) is 0. The van der Waals surface area contributed by atoms with Gasteiger partial charge in [-0.15, -0.1) is 0 Å². The molecule has 0 spiro atoms. The molecule has 2 rings (SSSR count). The van der Waals surface area contributed by atoms with Gasteiger partial charge in [-0.05, 0) is 36.7 Å². The predicted molar refractivity (Wildman–Crippen MR) is 90.4 cm³/mol. The SMILES string of the molecule is CC(C)CNCC(c1ccccc1)N1CCCSCC1. The van der Waals surface area contributed by atoms with Gasteiger partial charge in [0.25, 0.3) is 0 Å². The lowest BCUT2D eigenvalue weighted by atomic mass is 10.0. The largest absolute Gasteiger partial charge is 0.315 e. The second-order valence-corrected chi connectivity index (χ2v) is 7.21. The number of benzene rings is 1. The normalized spacial score (nSPS) is 18.9. The van der Waals surface area contributed by atoms with Crippen LogP contribution in [-0.2, 0) is 0 Å². The van der Waals surface area contributed by atoms with Gasteiger partial charge in [0.2, 0.25) is 0 Å². The third-order valence-electron chi connectivity index (χ3n) is 3.77. The van der Waals surface area contributed by atoms with Crippen molar-refractivity contribution in [2.75, 3.05) is 37.7 Å².